The van der Waals surface area contributed by atoms with Crippen molar-refractivity contribution in [3.8, 4) is 0 Å². The van der Waals surface area contributed by atoms with Gasteiger partial charge in [-0.25, -0.2) is 4.98 Å². The highest BCUT2D eigenvalue weighted by atomic mass is 15.2. The quantitative estimate of drug-likeness (QED) is 0.829. The molecule has 112 valence electrons. The largest absolute Gasteiger partial charge is 0.330 e. The van der Waals surface area contributed by atoms with E-state index in [-0.39, 0.29) is 0 Å². The lowest BCUT2D eigenvalue weighted by atomic mass is 9.88. The summed E-state index contributed by atoms with van der Waals surface area (Å²) in [6.07, 6.45) is 15.1. The van der Waals surface area contributed by atoms with Crippen molar-refractivity contribution in [2.24, 2.45) is 0 Å². The van der Waals surface area contributed by atoms with Crippen LogP contribution in [0.4, 0.5) is 0 Å². The van der Waals surface area contributed by atoms with E-state index in [0.29, 0.717) is 6.04 Å². The Morgan fingerprint density at radius 2 is 2.00 bits per heavy atom. The zero-order chi connectivity index (χ0) is 13.8. The SMILES string of the molecule is CCCN1CCCC(n2ccnc2C2CCCCC2)C1. The molecule has 1 aromatic rings. The summed E-state index contributed by atoms with van der Waals surface area (Å²) in [4.78, 5) is 7.37. The Bertz CT molecular complexity index is 404. The summed E-state index contributed by atoms with van der Waals surface area (Å²) in [7, 11) is 0. The molecule has 1 aliphatic carbocycles. The molecule has 0 spiro atoms. The summed E-state index contributed by atoms with van der Waals surface area (Å²) in [5.74, 6) is 2.10. The number of likely N-dealkylation sites (tertiary alicyclic amines) is 1. The van der Waals surface area contributed by atoms with Crippen molar-refractivity contribution < 1.29 is 0 Å². The molecule has 1 aliphatic heterocycles. The molecule has 1 unspecified atom stereocenters. The van der Waals surface area contributed by atoms with Gasteiger partial charge in [-0.15, -0.1) is 0 Å². The topological polar surface area (TPSA) is 21.1 Å². The van der Waals surface area contributed by atoms with Gasteiger partial charge in [0.2, 0.25) is 0 Å². The second kappa shape index (κ2) is 6.75. The first-order valence-corrected chi connectivity index (χ1v) is 8.63. The van der Waals surface area contributed by atoms with Crippen molar-refractivity contribution in [1.82, 2.24) is 14.5 Å². The molecule has 1 saturated carbocycles. The molecule has 1 aromatic heterocycles. The van der Waals surface area contributed by atoms with Gasteiger partial charge in [0.1, 0.15) is 5.82 Å². The molecule has 0 radical (unpaired) electrons. The maximum absolute atomic E-state index is 4.73. The van der Waals surface area contributed by atoms with E-state index in [4.69, 9.17) is 4.98 Å². The molecule has 3 nitrogen and oxygen atoms in total. The van der Waals surface area contributed by atoms with Gasteiger partial charge in [-0.05, 0) is 45.2 Å². The van der Waals surface area contributed by atoms with E-state index in [9.17, 15) is 0 Å². The average Bonchev–Trinajstić information content (AvgIpc) is 2.98. The number of piperidine rings is 1. The Labute approximate surface area is 123 Å². The van der Waals surface area contributed by atoms with Crippen LogP contribution in [0.15, 0.2) is 12.4 Å². The van der Waals surface area contributed by atoms with Gasteiger partial charge in [-0.3, -0.25) is 0 Å². The third-order valence-electron chi connectivity index (χ3n) is 5.08. The highest BCUT2D eigenvalue weighted by molar-refractivity contribution is 5.04. The van der Waals surface area contributed by atoms with Crippen molar-refractivity contribution in [1.29, 1.82) is 0 Å². The summed E-state index contributed by atoms with van der Waals surface area (Å²) in [6.45, 7) is 6.06. The van der Waals surface area contributed by atoms with E-state index >= 15 is 0 Å². The molecule has 2 aliphatic rings. The van der Waals surface area contributed by atoms with Crippen molar-refractivity contribution in [3.05, 3.63) is 18.2 Å². The lowest BCUT2D eigenvalue weighted by molar-refractivity contribution is 0.174. The summed E-state index contributed by atoms with van der Waals surface area (Å²) in [5.41, 5.74) is 0. The van der Waals surface area contributed by atoms with Crippen LogP contribution in [0.25, 0.3) is 0 Å². The van der Waals surface area contributed by atoms with Gasteiger partial charge in [0, 0.05) is 30.9 Å². The standard InChI is InChI=1S/C17H29N3/c1-2-11-19-12-6-9-16(14-19)20-13-10-18-17(20)15-7-4-3-5-8-15/h10,13,15-16H,2-9,11-12,14H2,1H3. The summed E-state index contributed by atoms with van der Waals surface area (Å²) < 4.78 is 2.53. The molecule has 1 saturated heterocycles. The fourth-order valence-electron chi connectivity index (χ4n) is 4.09. The molecule has 0 bridgehead atoms. The van der Waals surface area contributed by atoms with Crippen LogP contribution < -0.4 is 0 Å². The predicted molar refractivity (Wildman–Crippen MR) is 83.1 cm³/mol. The maximum atomic E-state index is 4.73. The average molecular weight is 275 g/mol. The minimum atomic E-state index is 0.662. The molecule has 0 amide bonds. The van der Waals surface area contributed by atoms with Gasteiger partial charge < -0.3 is 9.47 Å². The highest BCUT2D eigenvalue weighted by Gasteiger charge is 2.26. The Morgan fingerprint density at radius 1 is 1.15 bits per heavy atom. The second-order valence-corrected chi connectivity index (χ2v) is 6.62. The van der Waals surface area contributed by atoms with Crippen LogP contribution in [-0.4, -0.2) is 34.1 Å². The van der Waals surface area contributed by atoms with Crippen LogP contribution in [0.5, 0.6) is 0 Å². The zero-order valence-corrected chi connectivity index (χ0v) is 12.9. The minimum absolute atomic E-state index is 0.662. The fraction of sp³-hybridized carbons (Fsp3) is 0.824. The van der Waals surface area contributed by atoms with Crippen LogP contribution >= 0.6 is 0 Å². The minimum Gasteiger partial charge on any atom is -0.330 e. The lowest BCUT2D eigenvalue weighted by Gasteiger charge is -2.35. The second-order valence-electron chi connectivity index (χ2n) is 6.62. The molecule has 0 aromatic carbocycles. The Balaban J connectivity index is 1.71. The summed E-state index contributed by atoms with van der Waals surface area (Å²) in [5, 5.41) is 0. The molecule has 3 rings (SSSR count). The van der Waals surface area contributed by atoms with Crippen LogP contribution in [0.3, 0.4) is 0 Å². The van der Waals surface area contributed by atoms with Crippen LogP contribution in [-0.2, 0) is 0 Å². The molecule has 2 fully saturated rings. The first-order chi connectivity index (χ1) is 9.88. The van der Waals surface area contributed by atoms with Crippen molar-refractivity contribution in [2.45, 2.75) is 70.3 Å². The van der Waals surface area contributed by atoms with E-state index in [1.54, 1.807) is 0 Å². The molecule has 1 atom stereocenters. The van der Waals surface area contributed by atoms with Gasteiger partial charge in [0.15, 0.2) is 0 Å². The number of rotatable bonds is 4. The first kappa shape index (κ1) is 14.1. The predicted octanol–water partition coefficient (Wildman–Crippen LogP) is 3.98. The fourth-order valence-corrected chi connectivity index (χ4v) is 4.09. The van der Waals surface area contributed by atoms with Gasteiger partial charge in [0.05, 0.1) is 0 Å². The van der Waals surface area contributed by atoms with Crippen LogP contribution in [0.2, 0.25) is 0 Å². The van der Waals surface area contributed by atoms with Gasteiger partial charge in [-0.2, -0.15) is 0 Å². The van der Waals surface area contributed by atoms with E-state index in [2.05, 4.69) is 22.6 Å². The number of hydrogen-bond donors (Lipinski definition) is 0. The zero-order valence-electron chi connectivity index (χ0n) is 12.9. The van der Waals surface area contributed by atoms with Gasteiger partial charge in [0.25, 0.3) is 0 Å². The third-order valence-corrected chi connectivity index (χ3v) is 5.08. The number of nitrogens with zero attached hydrogens (tertiary/aromatic N) is 3. The van der Waals surface area contributed by atoms with Crippen LogP contribution in [0.1, 0.15) is 76.1 Å². The van der Waals surface area contributed by atoms with Gasteiger partial charge >= 0.3 is 0 Å². The van der Waals surface area contributed by atoms with Crippen LogP contribution in [0, 0.1) is 0 Å². The smallest absolute Gasteiger partial charge is 0.112 e. The van der Waals surface area contributed by atoms with E-state index in [1.165, 1.54) is 76.8 Å². The van der Waals surface area contributed by atoms with Crippen molar-refractivity contribution in [3.63, 3.8) is 0 Å². The highest BCUT2D eigenvalue weighted by Crippen LogP contribution is 2.34. The first-order valence-electron chi connectivity index (χ1n) is 8.63. The number of hydrogen-bond acceptors (Lipinski definition) is 2. The maximum Gasteiger partial charge on any atom is 0.112 e. The Kier molecular flexibility index (Phi) is 4.77. The molecular formula is C17H29N3. The summed E-state index contributed by atoms with van der Waals surface area (Å²) in [6, 6.07) is 0.662. The summed E-state index contributed by atoms with van der Waals surface area (Å²) >= 11 is 0. The monoisotopic (exact) mass is 275 g/mol. The van der Waals surface area contributed by atoms with E-state index < -0.39 is 0 Å². The van der Waals surface area contributed by atoms with E-state index in [0.717, 1.165) is 5.92 Å². The van der Waals surface area contributed by atoms with Crippen molar-refractivity contribution >= 4 is 0 Å². The Hall–Kier alpha value is -0.830. The van der Waals surface area contributed by atoms with Crippen molar-refractivity contribution in [2.75, 3.05) is 19.6 Å². The normalized spacial score (nSPS) is 25.9. The molecule has 0 N–H and O–H groups in total. The molecule has 2 heterocycles. The molecular weight excluding hydrogens is 246 g/mol. The molecule has 3 heteroatoms. The molecule has 20 heavy (non-hydrogen) atoms. The lowest BCUT2D eigenvalue weighted by Crippen LogP contribution is -2.37. The van der Waals surface area contributed by atoms with Gasteiger partial charge in [-0.1, -0.05) is 26.2 Å². The number of aromatic nitrogens is 2. The third kappa shape index (κ3) is 3.08. The van der Waals surface area contributed by atoms with E-state index in [1.807, 2.05) is 6.20 Å². The Morgan fingerprint density at radius 3 is 2.80 bits per heavy atom. The number of imidazole rings is 1.